The van der Waals surface area contributed by atoms with E-state index in [2.05, 4.69) is 23.3 Å². The van der Waals surface area contributed by atoms with Gasteiger partial charge in [-0.05, 0) is 31.7 Å². The molecule has 1 aromatic rings. The molecule has 3 N–H and O–H groups in total. The summed E-state index contributed by atoms with van der Waals surface area (Å²) in [7, 11) is 3.81. The van der Waals surface area contributed by atoms with E-state index in [1.54, 1.807) is 7.11 Å². The Hall–Kier alpha value is -1.26. The van der Waals surface area contributed by atoms with E-state index >= 15 is 0 Å². The quantitative estimate of drug-likeness (QED) is 0.707. The normalized spacial score (nSPS) is 10.8. The van der Waals surface area contributed by atoms with Crippen molar-refractivity contribution >= 4 is 11.4 Å². The van der Waals surface area contributed by atoms with Gasteiger partial charge in [0.1, 0.15) is 0 Å². The lowest BCUT2D eigenvalue weighted by molar-refractivity contribution is 0.163. The van der Waals surface area contributed by atoms with Crippen LogP contribution in [0.15, 0.2) is 18.2 Å². The fourth-order valence-electron chi connectivity index (χ4n) is 1.59. The highest BCUT2D eigenvalue weighted by Crippen LogP contribution is 2.19. The van der Waals surface area contributed by atoms with Crippen molar-refractivity contribution in [2.45, 2.75) is 6.92 Å². The summed E-state index contributed by atoms with van der Waals surface area (Å²) in [6.07, 6.45) is 0. The molecule has 0 radical (unpaired) electrons. The lowest BCUT2D eigenvalue weighted by Gasteiger charge is -2.17. The van der Waals surface area contributed by atoms with Crippen LogP contribution in [0.1, 0.15) is 5.56 Å². The molecule has 0 spiro atoms. The summed E-state index contributed by atoms with van der Waals surface area (Å²) in [5.74, 6) is 0. The lowest BCUT2D eigenvalue weighted by Crippen LogP contribution is -2.28. The van der Waals surface area contributed by atoms with E-state index in [-0.39, 0.29) is 0 Å². The molecule has 0 unspecified atom stereocenters. The molecule has 1 rings (SSSR count). The molecule has 0 aliphatic heterocycles. The number of ether oxygens (including phenoxy) is 1. The SMILES string of the molecule is COCCN(C)CCNc1cccc(N)c1C. The number of nitrogens with zero attached hydrogens (tertiary/aromatic N) is 1. The largest absolute Gasteiger partial charge is 0.398 e. The third-order valence-electron chi connectivity index (χ3n) is 2.86. The van der Waals surface area contributed by atoms with E-state index < -0.39 is 0 Å². The van der Waals surface area contributed by atoms with Crippen molar-refractivity contribution in [1.82, 2.24) is 4.90 Å². The third-order valence-corrected chi connectivity index (χ3v) is 2.86. The molecule has 0 heterocycles. The zero-order valence-electron chi connectivity index (χ0n) is 11.0. The number of hydrogen-bond donors (Lipinski definition) is 2. The second-order valence-electron chi connectivity index (χ2n) is 4.24. The number of nitrogen functional groups attached to an aromatic ring is 1. The summed E-state index contributed by atoms with van der Waals surface area (Å²) in [6.45, 7) is 5.65. The molecule has 1 aromatic carbocycles. The van der Waals surface area contributed by atoms with Gasteiger partial charge >= 0.3 is 0 Å². The lowest BCUT2D eigenvalue weighted by atomic mass is 10.1. The molecule has 0 amide bonds. The number of rotatable bonds is 7. The van der Waals surface area contributed by atoms with E-state index in [9.17, 15) is 0 Å². The van der Waals surface area contributed by atoms with Crippen LogP contribution >= 0.6 is 0 Å². The Balaban J connectivity index is 2.33. The first-order valence-electron chi connectivity index (χ1n) is 5.91. The molecule has 0 saturated heterocycles. The Morgan fingerprint density at radius 1 is 1.35 bits per heavy atom. The minimum absolute atomic E-state index is 0.772. The second kappa shape index (κ2) is 7.14. The summed E-state index contributed by atoms with van der Waals surface area (Å²) < 4.78 is 5.03. The van der Waals surface area contributed by atoms with Crippen molar-refractivity contribution in [2.75, 3.05) is 51.4 Å². The Morgan fingerprint density at radius 3 is 2.82 bits per heavy atom. The molecule has 0 bridgehead atoms. The summed E-state index contributed by atoms with van der Waals surface area (Å²) in [5, 5.41) is 3.40. The maximum Gasteiger partial charge on any atom is 0.0589 e. The molecule has 4 heteroatoms. The molecule has 0 atom stereocenters. The highest BCUT2D eigenvalue weighted by atomic mass is 16.5. The molecule has 0 aliphatic rings. The first-order valence-corrected chi connectivity index (χ1v) is 5.91. The second-order valence-corrected chi connectivity index (χ2v) is 4.24. The number of methoxy groups -OCH3 is 1. The van der Waals surface area contributed by atoms with Crippen LogP contribution in [0.25, 0.3) is 0 Å². The van der Waals surface area contributed by atoms with E-state index in [0.717, 1.165) is 43.2 Å². The number of anilines is 2. The van der Waals surface area contributed by atoms with Crippen LogP contribution in [0.3, 0.4) is 0 Å². The minimum atomic E-state index is 0.772. The van der Waals surface area contributed by atoms with Gasteiger partial charge in [0.25, 0.3) is 0 Å². The fourth-order valence-corrected chi connectivity index (χ4v) is 1.59. The van der Waals surface area contributed by atoms with Gasteiger partial charge in [0.2, 0.25) is 0 Å². The highest BCUT2D eigenvalue weighted by molar-refractivity contribution is 5.62. The molecule has 0 aromatic heterocycles. The molecule has 4 nitrogen and oxygen atoms in total. The molecule has 0 saturated carbocycles. The molecular formula is C13H23N3O. The number of hydrogen-bond acceptors (Lipinski definition) is 4. The standard InChI is InChI=1S/C13H23N3O/c1-11-12(14)5-4-6-13(11)15-7-8-16(2)9-10-17-3/h4-6,15H,7-10,14H2,1-3H3. The van der Waals surface area contributed by atoms with Crippen LogP contribution in [0.5, 0.6) is 0 Å². The van der Waals surface area contributed by atoms with Gasteiger partial charge in [-0.15, -0.1) is 0 Å². The Labute approximate surface area is 104 Å². The van der Waals surface area contributed by atoms with Gasteiger partial charge < -0.3 is 20.7 Å². The zero-order valence-corrected chi connectivity index (χ0v) is 11.0. The molecule has 96 valence electrons. The van der Waals surface area contributed by atoms with Gasteiger partial charge in [0, 0.05) is 38.1 Å². The van der Waals surface area contributed by atoms with Crippen LogP contribution in [0.4, 0.5) is 11.4 Å². The fraction of sp³-hybridized carbons (Fsp3) is 0.538. The molecule has 17 heavy (non-hydrogen) atoms. The Bertz CT molecular complexity index is 341. The summed E-state index contributed by atoms with van der Waals surface area (Å²) in [4.78, 5) is 2.23. The summed E-state index contributed by atoms with van der Waals surface area (Å²) in [5.41, 5.74) is 8.92. The number of nitrogens with one attached hydrogen (secondary N) is 1. The zero-order chi connectivity index (χ0) is 12.7. The summed E-state index contributed by atoms with van der Waals surface area (Å²) in [6, 6.07) is 5.95. The van der Waals surface area contributed by atoms with Gasteiger partial charge in [-0.25, -0.2) is 0 Å². The molecule has 0 fully saturated rings. The van der Waals surface area contributed by atoms with Crippen molar-refractivity contribution < 1.29 is 4.74 Å². The first-order chi connectivity index (χ1) is 8.15. The molecular weight excluding hydrogens is 214 g/mol. The Morgan fingerprint density at radius 2 is 2.12 bits per heavy atom. The topological polar surface area (TPSA) is 50.5 Å². The van der Waals surface area contributed by atoms with Crippen molar-refractivity contribution in [1.29, 1.82) is 0 Å². The van der Waals surface area contributed by atoms with E-state index in [0.29, 0.717) is 0 Å². The third kappa shape index (κ3) is 4.63. The van der Waals surface area contributed by atoms with Gasteiger partial charge in [0.05, 0.1) is 6.61 Å². The number of benzene rings is 1. The van der Waals surface area contributed by atoms with E-state index in [1.165, 1.54) is 0 Å². The van der Waals surface area contributed by atoms with E-state index in [4.69, 9.17) is 10.5 Å². The summed E-state index contributed by atoms with van der Waals surface area (Å²) >= 11 is 0. The van der Waals surface area contributed by atoms with Gasteiger partial charge in [0.15, 0.2) is 0 Å². The van der Waals surface area contributed by atoms with Crippen molar-refractivity contribution in [3.63, 3.8) is 0 Å². The number of likely N-dealkylation sites (N-methyl/N-ethyl adjacent to an activating group) is 1. The van der Waals surface area contributed by atoms with Crippen molar-refractivity contribution in [3.05, 3.63) is 23.8 Å². The monoisotopic (exact) mass is 237 g/mol. The van der Waals surface area contributed by atoms with Crippen LogP contribution in [0.2, 0.25) is 0 Å². The maximum absolute atomic E-state index is 5.85. The predicted octanol–water partition coefficient (Wildman–Crippen LogP) is 1.57. The first kappa shape index (κ1) is 13.8. The molecule has 0 aliphatic carbocycles. The number of nitrogens with two attached hydrogens (primary N) is 1. The van der Waals surface area contributed by atoms with Crippen molar-refractivity contribution in [3.8, 4) is 0 Å². The smallest absolute Gasteiger partial charge is 0.0589 e. The van der Waals surface area contributed by atoms with Crippen LogP contribution in [0, 0.1) is 6.92 Å². The van der Waals surface area contributed by atoms with Crippen LogP contribution < -0.4 is 11.1 Å². The maximum atomic E-state index is 5.85. The highest BCUT2D eigenvalue weighted by Gasteiger charge is 2.01. The average molecular weight is 237 g/mol. The van der Waals surface area contributed by atoms with E-state index in [1.807, 2.05) is 19.1 Å². The van der Waals surface area contributed by atoms with Crippen LogP contribution in [-0.4, -0.2) is 45.3 Å². The Kier molecular flexibility index (Phi) is 5.80. The van der Waals surface area contributed by atoms with Crippen molar-refractivity contribution in [2.24, 2.45) is 0 Å². The van der Waals surface area contributed by atoms with Gasteiger partial charge in [-0.3, -0.25) is 0 Å². The van der Waals surface area contributed by atoms with Crippen LogP contribution in [-0.2, 0) is 4.74 Å². The average Bonchev–Trinajstić information content (AvgIpc) is 2.32. The minimum Gasteiger partial charge on any atom is -0.398 e. The van der Waals surface area contributed by atoms with Gasteiger partial charge in [-0.2, -0.15) is 0 Å². The van der Waals surface area contributed by atoms with Gasteiger partial charge in [-0.1, -0.05) is 6.07 Å². The predicted molar refractivity (Wildman–Crippen MR) is 73.5 cm³/mol.